The summed E-state index contributed by atoms with van der Waals surface area (Å²) in [4.78, 5) is 11.4. The highest BCUT2D eigenvalue weighted by atomic mass is 16.5. The fourth-order valence-electron chi connectivity index (χ4n) is 1.38. The van der Waals surface area contributed by atoms with Gasteiger partial charge in [-0.25, -0.2) is 4.79 Å². The maximum atomic E-state index is 11.4. The standard InChI is InChI=1S/C13H18N2O3/c1-4-5-14-13(16)15-9-10-6-11(17-2)8-12(7-10)18-3/h4,6-8H,1,5,9H2,2-3H3,(H2,14,15,16). The van der Waals surface area contributed by atoms with Crippen LogP contribution in [0.15, 0.2) is 30.9 Å². The lowest BCUT2D eigenvalue weighted by atomic mass is 10.2. The van der Waals surface area contributed by atoms with Gasteiger partial charge in [0.15, 0.2) is 0 Å². The third-order valence-corrected chi connectivity index (χ3v) is 2.27. The second kappa shape index (κ2) is 7.21. The predicted octanol–water partition coefficient (Wildman–Crippen LogP) is 1.69. The Kier molecular flexibility index (Phi) is 5.57. The van der Waals surface area contributed by atoms with Gasteiger partial charge < -0.3 is 20.1 Å². The molecule has 0 saturated heterocycles. The van der Waals surface area contributed by atoms with Crippen molar-refractivity contribution in [3.8, 4) is 11.5 Å². The topological polar surface area (TPSA) is 59.6 Å². The summed E-state index contributed by atoms with van der Waals surface area (Å²) >= 11 is 0. The maximum Gasteiger partial charge on any atom is 0.315 e. The van der Waals surface area contributed by atoms with E-state index >= 15 is 0 Å². The lowest BCUT2D eigenvalue weighted by Crippen LogP contribution is -2.34. The highest BCUT2D eigenvalue weighted by Crippen LogP contribution is 2.22. The molecule has 1 aromatic rings. The van der Waals surface area contributed by atoms with Crippen LogP contribution in [0.2, 0.25) is 0 Å². The first-order valence-corrected chi connectivity index (χ1v) is 5.54. The van der Waals surface area contributed by atoms with Crippen LogP contribution < -0.4 is 20.1 Å². The highest BCUT2D eigenvalue weighted by Gasteiger charge is 2.03. The largest absolute Gasteiger partial charge is 0.497 e. The van der Waals surface area contributed by atoms with Crippen molar-refractivity contribution in [2.24, 2.45) is 0 Å². The Bertz CT molecular complexity index is 396. The van der Waals surface area contributed by atoms with E-state index in [4.69, 9.17) is 9.47 Å². The SMILES string of the molecule is C=CCNC(=O)NCc1cc(OC)cc(OC)c1. The normalized spacial score (nSPS) is 9.44. The van der Waals surface area contributed by atoms with E-state index in [1.165, 1.54) is 0 Å². The molecule has 0 atom stereocenters. The van der Waals surface area contributed by atoms with E-state index in [9.17, 15) is 4.79 Å². The van der Waals surface area contributed by atoms with E-state index in [-0.39, 0.29) is 6.03 Å². The number of rotatable bonds is 6. The van der Waals surface area contributed by atoms with Gasteiger partial charge >= 0.3 is 6.03 Å². The Morgan fingerprint density at radius 3 is 2.33 bits per heavy atom. The fraction of sp³-hybridized carbons (Fsp3) is 0.308. The van der Waals surface area contributed by atoms with Crippen LogP contribution in [0.3, 0.4) is 0 Å². The van der Waals surface area contributed by atoms with Crippen LogP contribution in [0, 0.1) is 0 Å². The second-order valence-corrected chi connectivity index (χ2v) is 3.57. The highest BCUT2D eigenvalue weighted by molar-refractivity contribution is 5.73. The van der Waals surface area contributed by atoms with E-state index in [2.05, 4.69) is 17.2 Å². The molecule has 5 heteroatoms. The molecule has 0 aromatic heterocycles. The minimum Gasteiger partial charge on any atom is -0.497 e. The molecule has 1 rings (SSSR count). The van der Waals surface area contributed by atoms with E-state index in [1.54, 1.807) is 26.4 Å². The molecule has 5 nitrogen and oxygen atoms in total. The van der Waals surface area contributed by atoms with Crippen molar-refractivity contribution in [2.75, 3.05) is 20.8 Å². The van der Waals surface area contributed by atoms with Crippen molar-refractivity contribution in [2.45, 2.75) is 6.54 Å². The Morgan fingerprint density at radius 2 is 1.83 bits per heavy atom. The van der Waals surface area contributed by atoms with Crippen molar-refractivity contribution in [3.05, 3.63) is 36.4 Å². The first-order chi connectivity index (χ1) is 8.69. The summed E-state index contributed by atoms with van der Waals surface area (Å²) in [6.45, 7) is 4.36. The molecule has 0 spiro atoms. The van der Waals surface area contributed by atoms with Gasteiger partial charge in [-0.2, -0.15) is 0 Å². The van der Waals surface area contributed by atoms with Gasteiger partial charge in [0, 0.05) is 19.2 Å². The van der Waals surface area contributed by atoms with Crippen molar-refractivity contribution in [3.63, 3.8) is 0 Å². The van der Waals surface area contributed by atoms with Crippen LogP contribution >= 0.6 is 0 Å². The molecule has 18 heavy (non-hydrogen) atoms. The molecule has 2 amide bonds. The first-order valence-electron chi connectivity index (χ1n) is 5.54. The van der Waals surface area contributed by atoms with Crippen LogP contribution in [0.4, 0.5) is 4.79 Å². The Labute approximate surface area is 107 Å². The monoisotopic (exact) mass is 250 g/mol. The van der Waals surface area contributed by atoms with Crippen molar-refractivity contribution in [1.29, 1.82) is 0 Å². The first kappa shape index (κ1) is 13.9. The number of hydrogen-bond donors (Lipinski definition) is 2. The molecule has 0 saturated carbocycles. The maximum absolute atomic E-state index is 11.4. The summed E-state index contributed by atoms with van der Waals surface area (Å²) in [5.41, 5.74) is 0.903. The van der Waals surface area contributed by atoms with Gasteiger partial charge in [-0.05, 0) is 17.7 Å². The van der Waals surface area contributed by atoms with Crippen LogP contribution in [0.25, 0.3) is 0 Å². The predicted molar refractivity (Wildman–Crippen MR) is 70.0 cm³/mol. The number of hydrogen-bond acceptors (Lipinski definition) is 3. The van der Waals surface area contributed by atoms with Gasteiger partial charge in [0.1, 0.15) is 11.5 Å². The number of amides is 2. The third kappa shape index (κ3) is 4.37. The van der Waals surface area contributed by atoms with Gasteiger partial charge in [-0.3, -0.25) is 0 Å². The molecular weight excluding hydrogens is 232 g/mol. The summed E-state index contributed by atoms with van der Waals surface area (Å²) in [5.74, 6) is 1.38. The van der Waals surface area contributed by atoms with Gasteiger partial charge in [0.2, 0.25) is 0 Å². The van der Waals surface area contributed by atoms with Gasteiger partial charge in [-0.15, -0.1) is 6.58 Å². The molecule has 0 heterocycles. The summed E-state index contributed by atoms with van der Waals surface area (Å²) in [6, 6.07) is 5.23. The molecule has 0 bridgehead atoms. The van der Waals surface area contributed by atoms with Crippen molar-refractivity contribution >= 4 is 6.03 Å². The number of urea groups is 1. The quantitative estimate of drug-likeness (QED) is 0.755. The van der Waals surface area contributed by atoms with E-state index in [0.717, 1.165) is 5.56 Å². The third-order valence-electron chi connectivity index (χ3n) is 2.27. The lowest BCUT2D eigenvalue weighted by Gasteiger charge is -2.09. The van der Waals surface area contributed by atoms with E-state index in [1.807, 2.05) is 12.1 Å². The smallest absolute Gasteiger partial charge is 0.315 e. The summed E-state index contributed by atoms with van der Waals surface area (Å²) < 4.78 is 10.3. The number of benzene rings is 1. The number of carbonyl (C=O) groups excluding carboxylic acids is 1. The number of carbonyl (C=O) groups is 1. The molecular formula is C13H18N2O3. The Morgan fingerprint density at radius 1 is 1.22 bits per heavy atom. The van der Waals surface area contributed by atoms with Gasteiger partial charge in [0.25, 0.3) is 0 Å². The number of methoxy groups -OCH3 is 2. The van der Waals surface area contributed by atoms with Crippen LogP contribution in [0.1, 0.15) is 5.56 Å². The minimum atomic E-state index is -0.239. The Hall–Kier alpha value is -2.17. The molecule has 0 fully saturated rings. The molecule has 0 radical (unpaired) electrons. The van der Waals surface area contributed by atoms with Crippen LogP contribution in [0.5, 0.6) is 11.5 Å². The average Bonchev–Trinajstić information content (AvgIpc) is 2.42. The molecule has 1 aromatic carbocycles. The molecule has 0 unspecified atom stereocenters. The van der Waals surface area contributed by atoms with E-state index < -0.39 is 0 Å². The zero-order chi connectivity index (χ0) is 13.4. The van der Waals surface area contributed by atoms with Gasteiger partial charge in [-0.1, -0.05) is 6.08 Å². The molecule has 2 N–H and O–H groups in total. The van der Waals surface area contributed by atoms with E-state index in [0.29, 0.717) is 24.6 Å². The Balaban J connectivity index is 2.60. The molecule has 98 valence electrons. The zero-order valence-electron chi connectivity index (χ0n) is 10.7. The van der Waals surface area contributed by atoms with Crippen molar-refractivity contribution in [1.82, 2.24) is 10.6 Å². The van der Waals surface area contributed by atoms with Gasteiger partial charge in [0.05, 0.1) is 14.2 Å². The summed E-state index contributed by atoms with van der Waals surface area (Å²) in [5, 5.41) is 5.36. The minimum absolute atomic E-state index is 0.239. The second-order valence-electron chi connectivity index (χ2n) is 3.57. The van der Waals surface area contributed by atoms with Crippen LogP contribution in [-0.4, -0.2) is 26.8 Å². The summed E-state index contributed by atoms with van der Waals surface area (Å²) in [6.07, 6.45) is 1.62. The van der Waals surface area contributed by atoms with Crippen molar-refractivity contribution < 1.29 is 14.3 Å². The molecule has 0 aliphatic heterocycles. The number of nitrogens with one attached hydrogen (secondary N) is 2. The fourth-order valence-corrected chi connectivity index (χ4v) is 1.38. The molecule has 0 aliphatic rings. The lowest BCUT2D eigenvalue weighted by molar-refractivity contribution is 0.241. The van der Waals surface area contributed by atoms with Crippen LogP contribution in [-0.2, 0) is 6.54 Å². The summed E-state index contributed by atoms with van der Waals surface area (Å²) in [7, 11) is 3.17. The zero-order valence-corrected chi connectivity index (χ0v) is 10.7. The number of ether oxygens (including phenoxy) is 2. The average molecular weight is 250 g/mol. The molecule has 0 aliphatic carbocycles.